The molecule has 1 aliphatic heterocycles. The first kappa shape index (κ1) is 18.1. The molecule has 0 unspecified atom stereocenters. The van der Waals surface area contributed by atoms with Gasteiger partial charge in [-0.15, -0.1) is 6.58 Å². The van der Waals surface area contributed by atoms with E-state index in [0.717, 1.165) is 10.2 Å². The molecule has 28 heavy (non-hydrogen) atoms. The molecule has 144 valence electrons. The fraction of sp³-hybridized carbons (Fsp3) is 0.200. The minimum atomic E-state index is -0.417. The Bertz CT molecular complexity index is 1150. The van der Waals surface area contributed by atoms with Gasteiger partial charge in [-0.3, -0.25) is 4.79 Å². The molecule has 0 radical (unpaired) electrons. The third-order valence-corrected chi connectivity index (χ3v) is 5.36. The number of carbonyl (C=O) groups is 1. The maximum Gasteiger partial charge on any atom is 0.283 e. The van der Waals surface area contributed by atoms with Gasteiger partial charge in [-0.2, -0.15) is 4.99 Å². The third-order valence-electron chi connectivity index (χ3n) is 4.32. The van der Waals surface area contributed by atoms with Crippen LogP contribution in [0.3, 0.4) is 0 Å². The van der Waals surface area contributed by atoms with Crippen molar-refractivity contribution in [1.82, 2.24) is 4.57 Å². The van der Waals surface area contributed by atoms with Crippen molar-refractivity contribution in [2.45, 2.75) is 6.54 Å². The summed E-state index contributed by atoms with van der Waals surface area (Å²) in [6.07, 6.45) is 1.76. The van der Waals surface area contributed by atoms with Crippen molar-refractivity contribution in [3.8, 4) is 23.0 Å². The van der Waals surface area contributed by atoms with Crippen LogP contribution >= 0.6 is 11.3 Å². The van der Waals surface area contributed by atoms with Crippen molar-refractivity contribution in [1.29, 1.82) is 0 Å². The molecule has 2 heterocycles. The van der Waals surface area contributed by atoms with E-state index in [4.69, 9.17) is 18.9 Å². The van der Waals surface area contributed by atoms with E-state index in [1.807, 2.05) is 16.7 Å². The van der Waals surface area contributed by atoms with E-state index in [0.29, 0.717) is 39.9 Å². The zero-order valence-corrected chi connectivity index (χ0v) is 16.2. The van der Waals surface area contributed by atoms with Crippen molar-refractivity contribution in [2.24, 2.45) is 4.99 Å². The molecule has 1 aromatic heterocycles. The van der Waals surface area contributed by atoms with E-state index >= 15 is 0 Å². The Kier molecular flexibility index (Phi) is 4.79. The lowest BCUT2D eigenvalue weighted by atomic mass is 10.2. The van der Waals surface area contributed by atoms with Gasteiger partial charge in [0.05, 0.1) is 30.0 Å². The molecule has 7 nitrogen and oxygen atoms in total. The van der Waals surface area contributed by atoms with Gasteiger partial charge in [-0.05, 0) is 18.2 Å². The summed E-state index contributed by atoms with van der Waals surface area (Å²) in [5, 5.41) is 0. The number of fused-ring (bicyclic) bond motifs is 2. The smallest absolute Gasteiger partial charge is 0.283 e. The maximum atomic E-state index is 12.9. The molecule has 2 aromatic carbocycles. The Morgan fingerprint density at radius 3 is 2.75 bits per heavy atom. The topological polar surface area (TPSA) is 71.3 Å². The van der Waals surface area contributed by atoms with E-state index in [9.17, 15) is 4.79 Å². The number of amides is 1. The quantitative estimate of drug-likeness (QED) is 0.616. The Hall–Kier alpha value is -3.26. The number of rotatable bonds is 5. The zero-order valence-electron chi connectivity index (χ0n) is 15.4. The molecule has 3 aromatic rings. The SMILES string of the molecule is C=CCn1c(=NC(=O)c2cc(OC)ccc2OC)sc2cc3c(cc21)OCO3. The molecule has 1 aliphatic rings. The lowest BCUT2D eigenvalue weighted by Gasteiger charge is -2.07. The van der Waals surface area contributed by atoms with Gasteiger partial charge in [-0.25, -0.2) is 0 Å². The monoisotopic (exact) mass is 398 g/mol. The van der Waals surface area contributed by atoms with E-state index in [1.54, 1.807) is 31.4 Å². The molecule has 4 rings (SSSR count). The predicted octanol–water partition coefficient (Wildman–Crippen LogP) is 3.38. The molecule has 0 atom stereocenters. The second kappa shape index (κ2) is 7.40. The second-order valence-corrected chi connectivity index (χ2v) is 6.95. The van der Waals surface area contributed by atoms with Gasteiger partial charge >= 0.3 is 0 Å². The van der Waals surface area contributed by atoms with Crippen molar-refractivity contribution >= 4 is 27.5 Å². The molecular formula is C20H18N2O5S. The number of carbonyl (C=O) groups excluding carboxylic acids is 1. The van der Waals surface area contributed by atoms with E-state index < -0.39 is 5.91 Å². The number of hydrogen-bond acceptors (Lipinski definition) is 6. The Balaban J connectivity index is 1.86. The number of aromatic nitrogens is 1. The van der Waals surface area contributed by atoms with Gasteiger partial charge in [-0.1, -0.05) is 17.4 Å². The van der Waals surface area contributed by atoms with E-state index in [2.05, 4.69) is 11.6 Å². The average molecular weight is 398 g/mol. The number of ether oxygens (including phenoxy) is 4. The van der Waals surface area contributed by atoms with Gasteiger partial charge in [0.1, 0.15) is 11.5 Å². The number of nitrogens with zero attached hydrogens (tertiary/aromatic N) is 2. The summed E-state index contributed by atoms with van der Waals surface area (Å²) >= 11 is 1.40. The van der Waals surface area contributed by atoms with Crippen LogP contribution < -0.4 is 23.7 Å². The minimum absolute atomic E-state index is 0.208. The normalized spacial score (nSPS) is 13.0. The van der Waals surface area contributed by atoms with Crippen LogP contribution in [0.25, 0.3) is 10.2 Å². The van der Waals surface area contributed by atoms with Gasteiger partial charge in [0.15, 0.2) is 16.3 Å². The number of allylic oxidation sites excluding steroid dienone is 1. The van der Waals surface area contributed by atoms with Crippen LogP contribution in [0.15, 0.2) is 48.0 Å². The van der Waals surface area contributed by atoms with Crippen LogP contribution in [0.4, 0.5) is 0 Å². The summed E-state index contributed by atoms with van der Waals surface area (Å²) in [5.74, 6) is 1.94. The number of methoxy groups -OCH3 is 2. The van der Waals surface area contributed by atoms with Crippen molar-refractivity contribution in [2.75, 3.05) is 21.0 Å². The highest BCUT2D eigenvalue weighted by molar-refractivity contribution is 7.16. The first-order valence-electron chi connectivity index (χ1n) is 8.49. The highest BCUT2D eigenvalue weighted by Gasteiger charge is 2.18. The van der Waals surface area contributed by atoms with Crippen LogP contribution in [0.2, 0.25) is 0 Å². The first-order chi connectivity index (χ1) is 13.6. The molecule has 0 spiro atoms. The maximum absolute atomic E-state index is 12.9. The van der Waals surface area contributed by atoms with Gasteiger partial charge < -0.3 is 23.5 Å². The van der Waals surface area contributed by atoms with Crippen LogP contribution in [-0.2, 0) is 6.54 Å². The number of hydrogen-bond donors (Lipinski definition) is 0. The molecule has 0 saturated heterocycles. The lowest BCUT2D eigenvalue weighted by Crippen LogP contribution is -2.16. The fourth-order valence-corrected chi connectivity index (χ4v) is 4.03. The van der Waals surface area contributed by atoms with Gasteiger partial charge in [0.2, 0.25) is 6.79 Å². The summed E-state index contributed by atoms with van der Waals surface area (Å²) in [7, 11) is 3.05. The first-order valence-corrected chi connectivity index (χ1v) is 9.31. The molecule has 0 N–H and O–H groups in total. The number of benzene rings is 2. The highest BCUT2D eigenvalue weighted by Crippen LogP contribution is 2.37. The van der Waals surface area contributed by atoms with Crippen LogP contribution in [-0.4, -0.2) is 31.5 Å². The predicted molar refractivity (Wildman–Crippen MR) is 106 cm³/mol. The molecule has 0 bridgehead atoms. The molecular weight excluding hydrogens is 380 g/mol. The Morgan fingerprint density at radius 2 is 2.04 bits per heavy atom. The molecule has 0 fully saturated rings. The second-order valence-electron chi connectivity index (χ2n) is 5.94. The summed E-state index contributed by atoms with van der Waals surface area (Å²) in [5.41, 5.74) is 1.23. The van der Waals surface area contributed by atoms with Crippen molar-refractivity contribution < 1.29 is 23.7 Å². The molecule has 8 heteroatoms. The lowest BCUT2D eigenvalue weighted by molar-refractivity contribution is 0.0994. The fourth-order valence-electron chi connectivity index (χ4n) is 2.98. The Morgan fingerprint density at radius 1 is 1.25 bits per heavy atom. The van der Waals surface area contributed by atoms with E-state index in [-0.39, 0.29) is 6.79 Å². The van der Waals surface area contributed by atoms with Gasteiger partial charge in [0.25, 0.3) is 5.91 Å². The van der Waals surface area contributed by atoms with Crippen LogP contribution in [0, 0.1) is 0 Å². The van der Waals surface area contributed by atoms with Crippen LogP contribution in [0.1, 0.15) is 10.4 Å². The zero-order chi connectivity index (χ0) is 19.7. The standard InChI is InChI=1S/C20H18N2O5S/c1-4-7-22-14-9-16-17(27-11-26-16)10-18(14)28-20(22)21-19(23)13-8-12(24-2)5-6-15(13)25-3/h4-6,8-10H,1,7,11H2,2-3H3. The van der Waals surface area contributed by atoms with Crippen molar-refractivity contribution in [3.05, 3.63) is 53.4 Å². The summed E-state index contributed by atoms with van der Waals surface area (Å²) in [4.78, 5) is 17.8. The molecule has 0 saturated carbocycles. The van der Waals surface area contributed by atoms with Crippen LogP contribution in [0.5, 0.6) is 23.0 Å². The minimum Gasteiger partial charge on any atom is -0.497 e. The van der Waals surface area contributed by atoms with Gasteiger partial charge in [0, 0.05) is 18.7 Å². The summed E-state index contributed by atoms with van der Waals surface area (Å²) < 4.78 is 24.3. The number of thiazole rings is 1. The Labute approximate surface area is 165 Å². The summed E-state index contributed by atoms with van der Waals surface area (Å²) in [6, 6.07) is 8.83. The largest absolute Gasteiger partial charge is 0.497 e. The molecule has 1 amide bonds. The molecule has 0 aliphatic carbocycles. The average Bonchev–Trinajstić information content (AvgIpc) is 3.30. The van der Waals surface area contributed by atoms with Crippen molar-refractivity contribution in [3.63, 3.8) is 0 Å². The van der Waals surface area contributed by atoms with E-state index in [1.165, 1.54) is 18.4 Å². The third kappa shape index (κ3) is 3.11. The summed E-state index contributed by atoms with van der Waals surface area (Å²) in [6.45, 7) is 4.52. The highest BCUT2D eigenvalue weighted by atomic mass is 32.1.